The molecule has 2 rings (SSSR count). The van der Waals surface area contributed by atoms with E-state index in [0.29, 0.717) is 12.0 Å². The van der Waals surface area contributed by atoms with Crippen molar-refractivity contribution in [1.29, 1.82) is 0 Å². The van der Waals surface area contributed by atoms with Gasteiger partial charge in [-0.3, -0.25) is 4.79 Å². The second-order valence-electron chi connectivity index (χ2n) is 4.74. The van der Waals surface area contributed by atoms with Gasteiger partial charge in [-0.25, -0.2) is 4.39 Å². The molecule has 18 heavy (non-hydrogen) atoms. The van der Waals surface area contributed by atoms with Crippen LogP contribution in [0.5, 0.6) is 0 Å². The molecule has 1 fully saturated rings. The van der Waals surface area contributed by atoms with Gasteiger partial charge in [0.15, 0.2) is 0 Å². The average Bonchev–Trinajstić information content (AvgIpc) is 2.62. The van der Waals surface area contributed by atoms with Crippen LogP contribution in [0.1, 0.15) is 17.5 Å². The first-order valence-corrected chi connectivity index (χ1v) is 6.40. The van der Waals surface area contributed by atoms with Crippen LogP contribution in [0.4, 0.5) is 4.39 Å². The third-order valence-corrected chi connectivity index (χ3v) is 3.27. The normalized spacial score (nSPS) is 16.4. The number of benzene rings is 1. The number of hydrogen-bond acceptors (Lipinski definition) is 2. The van der Waals surface area contributed by atoms with E-state index in [1.54, 1.807) is 19.1 Å². The monoisotopic (exact) mass is 250 g/mol. The van der Waals surface area contributed by atoms with E-state index >= 15 is 0 Å². The number of hydrogen-bond donors (Lipinski definition) is 1. The fourth-order valence-electron chi connectivity index (χ4n) is 2.20. The van der Waals surface area contributed by atoms with Crippen molar-refractivity contribution in [3.63, 3.8) is 0 Å². The number of carbonyl (C=O) groups excluding carboxylic acids is 1. The van der Waals surface area contributed by atoms with Crippen molar-refractivity contribution >= 4 is 5.91 Å². The number of carbonyl (C=O) groups is 1. The molecule has 1 N–H and O–H groups in total. The third-order valence-electron chi connectivity index (χ3n) is 3.27. The highest BCUT2D eigenvalue weighted by atomic mass is 19.1. The highest BCUT2D eigenvalue weighted by molar-refractivity contribution is 5.78. The highest BCUT2D eigenvalue weighted by Crippen LogP contribution is 2.11. The van der Waals surface area contributed by atoms with Crippen LogP contribution in [0.25, 0.3) is 0 Å². The Labute approximate surface area is 107 Å². The molecule has 0 aliphatic carbocycles. The van der Waals surface area contributed by atoms with E-state index in [0.717, 1.165) is 38.2 Å². The standard InChI is InChI=1S/C14H19FN2O/c1-11-9-12(3-4-13(11)15)10-14(18)17-7-2-5-16-6-8-17/h3-4,9,16H,2,5-8,10H2,1H3. The summed E-state index contributed by atoms with van der Waals surface area (Å²) in [5, 5.41) is 3.27. The van der Waals surface area contributed by atoms with Gasteiger partial charge in [0.2, 0.25) is 5.91 Å². The molecule has 98 valence electrons. The van der Waals surface area contributed by atoms with Gasteiger partial charge in [0.25, 0.3) is 0 Å². The third kappa shape index (κ3) is 3.29. The Morgan fingerprint density at radius 2 is 2.22 bits per heavy atom. The van der Waals surface area contributed by atoms with E-state index in [2.05, 4.69) is 5.32 Å². The Hall–Kier alpha value is -1.42. The predicted molar refractivity (Wildman–Crippen MR) is 68.9 cm³/mol. The molecule has 0 radical (unpaired) electrons. The van der Waals surface area contributed by atoms with Gasteiger partial charge in [-0.15, -0.1) is 0 Å². The lowest BCUT2D eigenvalue weighted by Crippen LogP contribution is -2.35. The zero-order chi connectivity index (χ0) is 13.0. The molecule has 1 aromatic carbocycles. The molecule has 0 unspecified atom stereocenters. The molecule has 1 aromatic rings. The van der Waals surface area contributed by atoms with E-state index in [9.17, 15) is 9.18 Å². The maximum Gasteiger partial charge on any atom is 0.227 e. The fraction of sp³-hybridized carbons (Fsp3) is 0.500. The molecule has 0 saturated carbocycles. The Morgan fingerprint density at radius 3 is 3.00 bits per heavy atom. The molecule has 0 bridgehead atoms. The highest BCUT2D eigenvalue weighted by Gasteiger charge is 2.15. The zero-order valence-electron chi connectivity index (χ0n) is 10.7. The summed E-state index contributed by atoms with van der Waals surface area (Å²) < 4.78 is 13.1. The topological polar surface area (TPSA) is 32.3 Å². The molecule has 1 aliphatic rings. The van der Waals surface area contributed by atoms with Gasteiger partial charge < -0.3 is 10.2 Å². The van der Waals surface area contributed by atoms with Crippen molar-refractivity contribution in [1.82, 2.24) is 10.2 Å². The van der Waals surface area contributed by atoms with Crippen molar-refractivity contribution in [2.45, 2.75) is 19.8 Å². The largest absolute Gasteiger partial charge is 0.341 e. The van der Waals surface area contributed by atoms with Gasteiger partial charge in [-0.05, 0) is 37.1 Å². The second kappa shape index (κ2) is 5.96. The maximum absolute atomic E-state index is 13.1. The molecule has 1 amide bonds. The van der Waals surface area contributed by atoms with Crippen LogP contribution >= 0.6 is 0 Å². The SMILES string of the molecule is Cc1cc(CC(=O)N2CCCNCC2)ccc1F. The van der Waals surface area contributed by atoms with Crippen LogP contribution in [0.2, 0.25) is 0 Å². The van der Waals surface area contributed by atoms with E-state index in [1.165, 1.54) is 6.07 Å². The van der Waals surface area contributed by atoms with E-state index in [4.69, 9.17) is 0 Å². The molecule has 0 atom stereocenters. The first kappa shape index (κ1) is 13.0. The number of halogens is 1. The van der Waals surface area contributed by atoms with Crippen LogP contribution in [-0.2, 0) is 11.2 Å². The number of aryl methyl sites for hydroxylation is 1. The number of rotatable bonds is 2. The van der Waals surface area contributed by atoms with Gasteiger partial charge in [-0.1, -0.05) is 12.1 Å². The van der Waals surface area contributed by atoms with E-state index in [1.807, 2.05) is 4.90 Å². The van der Waals surface area contributed by atoms with E-state index in [-0.39, 0.29) is 11.7 Å². The zero-order valence-corrected chi connectivity index (χ0v) is 10.7. The fourth-order valence-corrected chi connectivity index (χ4v) is 2.20. The van der Waals surface area contributed by atoms with Crippen LogP contribution in [0.3, 0.4) is 0 Å². The predicted octanol–water partition coefficient (Wildman–Crippen LogP) is 1.50. The molecule has 0 aromatic heterocycles. The molecular formula is C14H19FN2O. The quantitative estimate of drug-likeness (QED) is 0.862. The van der Waals surface area contributed by atoms with Gasteiger partial charge in [0.1, 0.15) is 5.82 Å². The van der Waals surface area contributed by atoms with Gasteiger partial charge in [-0.2, -0.15) is 0 Å². The number of nitrogens with zero attached hydrogens (tertiary/aromatic N) is 1. The van der Waals surface area contributed by atoms with Crippen LogP contribution in [-0.4, -0.2) is 37.0 Å². The van der Waals surface area contributed by atoms with Crippen molar-refractivity contribution < 1.29 is 9.18 Å². The van der Waals surface area contributed by atoms with Crippen molar-refractivity contribution in [3.8, 4) is 0 Å². The van der Waals surface area contributed by atoms with E-state index < -0.39 is 0 Å². The minimum absolute atomic E-state index is 0.129. The van der Waals surface area contributed by atoms with Crippen molar-refractivity contribution in [2.75, 3.05) is 26.2 Å². The van der Waals surface area contributed by atoms with Gasteiger partial charge in [0, 0.05) is 19.6 Å². The molecule has 3 nitrogen and oxygen atoms in total. The summed E-state index contributed by atoms with van der Waals surface area (Å²) >= 11 is 0. The molecule has 1 aliphatic heterocycles. The molecule has 0 spiro atoms. The lowest BCUT2D eigenvalue weighted by atomic mass is 10.1. The van der Waals surface area contributed by atoms with Gasteiger partial charge >= 0.3 is 0 Å². The Morgan fingerprint density at radius 1 is 1.39 bits per heavy atom. The Bertz CT molecular complexity index is 426. The Kier molecular flexibility index (Phi) is 4.31. The summed E-state index contributed by atoms with van der Waals surface area (Å²) in [6.07, 6.45) is 1.36. The van der Waals surface area contributed by atoms with Crippen LogP contribution in [0.15, 0.2) is 18.2 Å². The first-order valence-electron chi connectivity index (χ1n) is 6.40. The second-order valence-corrected chi connectivity index (χ2v) is 4.74. The minimum Gasteiger partial charge on any atom is -0.341 e. The molecular weight excluding hydrogens is 231 g/mol. The first-order chi connectivity index (χ1) is 8.66. The van der Waals surface area contributed by atoms with Crippen LogP contribution < -0.4 is 5.32 Å². The Balaban J connectivity index is 1.99. The summed E-state index contributed by atoms with van der Waals surface area (Å²) in [6, 6.07) is 4.88. The number of amides is 1. The summed E-state index contributed by atoms with van der Waals surface area (Å²) in [5.41, 5.74) is 1.48. The van der Waals surface area contributed by atoms with Crippen molar-refractivity contribution in [3.05, 3.63) is 35.1 Å². The minimum atomic E-state index is -0.217. The summed E-state index contributed by atoms with van der Waals surface area (Å²) in [5.74, 6) is -0.0881. The average molecular weight is 250 g/mol. The molecule has 4 heteroatoms. The summed E-state index contributed by atoms with van der Waals surface area (Å²) in [6.45, 7) is 5.12. The summed E-state index contributed by atoms with van der Waals surface area (Å²) in [4.78, 5) is 14.0. The maximum atomic E-state index is 13.1. The lowest BCUT2D eigenvalue weighted by molar-refractivity contribution is -0.130. The van der Waals surface area contributed by atoms with Crippen LogP contribution in [0, 0.1) is 12.7 Å². The lowest BCUT2D eigenvalue weighted by Gasteiger charge is -2.20. The number of nitrogens with one attached hydrogen (secondary N) is 1. The molecule has 1 saturated heterocycles. The van der Waals surface area contributed by atoms with Gasteiger partial charge in [0.05, 0.1) is 6.42 Å². The summed E-state index contributed by atoms with van der Waals surface area (Å²) in [7, 11) is 0. The molecule has 1 heterocycles. The van der Waals surface area contributed by atoms with Crippen molar-refractivity contribution in [2.24, 2.45) is 0 Å². The smallest absolute Gasteiger partial charge is 0.227 e.